The summed E-state index contributed by atoms with van der Waals surface area (Å²) in [6.45, 7) is 0.371. The summed E-state index contributed by atoms with van der Waals surface area (Å²) in [6.07, 6.45) is 4.84. The molecule has 28 heavy (non-hydrogen) atoms. The molecule has 2 aromatic heterocycles. The van der Waals surface area contributed by atoms with E-state index in [0.29, 0.717) is 23.7 Å². The van der Waals surface area contributed by atoms with Gasteiger partial charge in [0, 0.05) is 23.5 Å². The summed E-state index contributed by atoms with van der Waals surface area (Å²) in [7, 11) is 1.29. The molecule has 0 radical (unpaired) electrons. The summed E-state index contributed by atoms with van der Waals surface area (Å²) in [5, 5.41) is 3.85. The Morgan fingerprint density at radius 2 is 2.00 bits per heavy atom. The van der Waals surface area contributed by atoms with E-state index < -0.39 is 5.97 Å². The van der Waals surface area contributed by atoms with E-state index in [4.69, 9.17) is 19.7 Å². The Morgan fingerprint density at radius 3 is 2.71 bits per heavy atom. The molecule has 144 valence electrons. The maximum Gasteiger partial charge on any atom is 0.341 e. The zero-order valence-electron chi connectivity index (χ0n) is 15.2. The van der Waals surface area contributed by atoms with Crippen molar-refractivity contribution in [2.45, 2.75) is 13.2 Å². The minimum absolute atomic E-state index is 0.0512. The van der Waals surface area contributed by atoms with Gasteiger partial charge in [-0.05, 0) is 36.4 Å². The first kappa shape index (κ1) is 19.0. The lowest BCUT2D eigenvalue weighted by atomic mass is 10.2. The lowest BCUT2D eigenvalue weighted by molar-refractivity contribution is 0.0587. The number of pyridine rings is 1. The number of amidine groups is 1. The largest absolute Gasteiger partial charge is 0.489 e. The highest BCUT2D eigenvalue weighted by Gasteiger charge is 2.15. The Bertz CT molecular complexity index is 936. The van der Waals surface area contributed by atoms with Gasteiger partial charge in [0.2, 0.25) is 0 Å². The van der Waals surface area contributed by atoms with Crippen LogP contribution in [0.3, 0.4) is 0 Å². The molecule has 0 spiro atoms. The number of hydrogen-bond acceptors (Lipinski definition) is 7. The molecule has 2 N–H and O–H groups in total. The van der Waals surface area contributed by atoms with Crippen LogP contribution in [0.4, 0.5) is 0 Å². The van der Waals surface area contributed by atoms with E-state index in [1.807, 2.05) is 12.1 Å². The van der Waals surface area contributed by atoms with Gasteiger partial charge in [0.15, 0.2) is 18.2 Å². The lowest BCUT2D eigenvalue weighted by Crippen LogP contribution is -2.14. The maximum absolute atomic E-state index is 11.6. The summed E-state index contributed by atoms with van der Waals surface area (Å²) >= 11 is 0. The number of esters is 1. The van der Waals surface area contributed by atoms with Crippen molar-refractivity contribution >= 4 is 11.8 Å². The Balaban J connectivity index is 1.54. The standard InChI is InChI=1S/C20H19N3O5/c1-25-20(24)17-8-10-26-18(17)13-28-23-19(21)15-4-6-16(7-5-15)27-12-14-3-2-9-22-11-14/h2-11H,12-13H2,1H3,(H2,21,23). The summed E-state index contributed by atoms with van der Waals surface area (Å²) in [5.74, 6) is 0.679. The predicted octanol–water partition coefficient (Wildman–Crippen LogP) is 2.88. The highest BCUT2D eigenvalue weighted by molar-refractivity contribution is 5.97. The van der Waals surface area contributed by atoms with Crippen LogP contribution in [0, 0.1) is 0 Å². The number of oxime groups is 1. The van der Waals surface area contributed by atoms with Gasteiger partial charge in [-0.1, -0.05) is 11.2 Å². The van der Waals surface area contributed by atoms with Crippen LogP contribution < -0.4 is 10.5 Å². The van der Waals surface area contributed by atoms with Gasteiger partial charge in [0.05, 0.1) is 13.4 Å². The van der Waals surface area contributed by atoms with Crippen LogP contribution in [0.15, 0.2) is 70.7 Å². The SMILES string of the molecule is COC(=O)c1ccoc1CO/N=C(/N)c1ccc(OCc2cccnc2)cc1. The van der Waals surface area contributed by atoms with Crippen LogP contribution in [0.1, 0.15) is 27.2 Å². The summed E-state index contributed by atoms with van der Waals surface area (Å²) in [6, 6.07) is 12.4. The third kappa shape index (κ3) is 4.88. The van der Waals surface area contributed by atoms with Gasteiger partial charge in [-0.15, -0.1) is 0 Å². The first-order chi connectivity index (χ1) is 13.7. The maximum atomic E-state index is 11.6. The first-order valence-corrected chi connectivity index (χ1v) is 8.39. The van der Waals surface area contributed by atoms with Crippen molar-refractivity contribution in [1.29, 1.82) is 0 Å². The molecule has 0 aliphatic carbocycles. The van der Waals surface area contributed by atoms with Crippen molar-refractivity contribution < 1.29 is 23.5 Å². The second kappa shape index (κ2) is 9.22. The van der Waals surface area contributed by atoms with Crippen molar-refractivity contribution in [1.82, 2.24) is 4.98 Å². The number of rotatable bonds is 8. The smallest absolute Gasteiger partial charge is 0.341 e. The normalized spacial score (nSPS) is 11.1. The third-order valence-electron chi connectivity index (χ3n) is 3.79. The highest BCUT2D eigenvalue weighted by atomic mass is 16.6. The Hall–Kier alpha value is -3.81. The van der Waals surface area contributed by atoms with Crippen LogP contribution in [0.25, 0.3) is 0 Å². The summed E-state index contributed by atoms with van der Waals surface area (Å²) in [5.41, 5.74) is 7.86. The van der Waals surface area contributed by atoms with Crippen molar-refractivity contribution in [2.24, 2.45) is 10.9 Å². The van der Waals surface area contributed by atoms with Gasteiger partial charge in [0.1, 0.15) is 17.9 Å². The molecular weight excluding hydrogens is 362 g/mol. The molecule has 0 saturated heterocycles. The topological polar surface area (TPSA) is 109 Å². The number of nitrogens with zero attached hydrogens (tertiary/aromatic N) is 2. The number of methoxy groups -OCH3 is 1. The monoisotopic (exact) mass is 381 g/mol. The Kier molecular flexibility index (Phi) is 6.25. The van der Waals surface area contributed by atoms with Crippen LogP contribution in [-0.2, 0) is 22.8 Å². The van der Waals surface area contributed by atoms with Crippen LogP contribution in [-0.4, -0.2) is 23.9 Å². The molecule has 8 heteroatoms. The van der Waals surface area contributed by atoms with E-state index in [-0.39, 0.29) is 18.0 Å². The van der Waals surface area contributed by atoms with E-state index in [1.165, 1.54) is 19.4 Å². The van der Waals surface area contributed by atoms with Gasteiger partial charge < -0.3 is 24.5 Å². The van der Waals surface area contributed by atoms with Crippen molar-refractivity contribution in [2.75, 3.05) is 7.11 Å². The number of hydrogen-bond donors (Lipinski definition) is 1. The number of ether oxygens (including phenoxy) is 2. The van der Waals surface area contributed by atoms with E-state index in [0.717, 1.165) is 5.56 Å². The molecule has 0 atom stereocenters. The second-order valence-electron chi connectivity index (χ2n) is 5.67. The average molecular weight is 381 g/mol. The van der Waals surface area contributed by atoms with Gasteiger partial charge in [0.25, 0.3) is 0 Å². The lowest BCUT2D eigenvalue weighted by Gasteiger charge is -2.07. The molecule has 0 unspecified atom stereocenters. The van der Waals surface area contributed by atoms with Crippen molar-refractivity contribution in [3.05, 3.63) is 83.6 Å². The van der Waals surface area contributed by atoms with E-state index in [2.05, 4.69) is 14.9 Å². The molecule has 0 fully saturated rings. The molecule has 2 heterocycles. The number of aromatic nitrogens is 1. The fourth-order valence-electron chi connectivity index (χ4n) is 2.33. The van der Waals surface area contributed by atoms with Crippen molar-refractivity contribution in [3.8, 4) is 5.75 Å². The molecule has 0 aliphatic rings. The summed E-state index contributed by atoms with van der Waals surface area (Å²) in [4.78, 5) is 20.8. The van der Waals surface area contributed by atoms with Gasteiger partial charge >= 0.3 is 5.97 Å². The molecule has 3 rings (SSSR count). The Morgan fingerprint density at radius 1 is 1.18 bits per heavy atom. The number of furan rings is 1. The zero-order valence-corrected chi connectivity index (χ0v) is 15.2. The fourth-order valence-corrected chi connectivity index (χ4v) is 2.33. The first-order valence-electron chi connectivity index (χ1n) is 8.39. The minimum Gasteiger partial charge on any atom is -0.489 e. The molecule has 0 amide bonds. The predicted molar refractivity (Wildman–Crippen MR) is 101 cm³/mol. The average Bonchev–Trinajstić information content (AvgIpc) is 3.21. The molecule has 0 saturated carbocycles. The molecule has 0 aliphatic heterocycles. The summed E-state index contributed by atoms with van der Waals surface area (Å²) < 4.78 is 15.6. The number of carbonyl (C=O) groups excluding carboxylic acids is 1. The van der Waals surface area contributed by atoms with Crippen LogP contribution in [0.5, 0.6) is 5.75 Å². The van der Waals surface area contributed by atoms with E-state index in [1.54, 1.807) is 36.7 Å². The molecule has 0 bridgehead atoms. The molecule has 8 nitrogen and oxygen atoms in total. The zero-order chi connectivity index (χ0) is 19.8. The number of benzene rings is 1. The van der Waals surface area contributed by atoms with E-state index in [9.17, 15) is 4.79 Å². The third-order valence-corrected chi connectivity index (χ3v) is 3.79. The van der Waals surface area contributed by atoms with Crippen LogP contribution >= 0.6 is 0 Å². The fraction of sp³-hybridized carbons (Fsp3) is 0.150. The molecular formula is C20H19N3O5. The van der Waals surface area contributed by atoms with Gasteiger partial charge in [-0.25, -0.2) is 4.79 Å². The quantitative estimate of drug-likeness (QED) is 0.276. The molecule has 1 aromatic carbocycles. The van der Waals surface area contributed by atoms with Crippen molar-refractivity contribution in [3.63, 3.8) is 0 Å². The second-order valence-corrected chi connectivity index (χ2v) is 5.67. The number of nitrogens with two attached hydrogens (primary N) is 1. The van der Waals surface area contributed by atoms with Gasteiger partial charge in [-0.2, -0.15) is 0 Å². The highest BCUT2D eigenvalue weighted by Crippen LogP contribution is 2.15. The number of carbonyl (C=O) groups is 1. The Labute approximate surface area is 161 Å². The van der Waals surface area contributed by atoms with Gasteiger partial charge in [-0.3, -0.25) is 4.98 Å². The molecule has 3 aromatic rings. The van der Waals surface area contributed by atoms with E-state index >= 15 is 0 Å². The minimum atomic E-state index is -0.508. The van der Waals surface area contributed by atoms with Crippen LogP contribution in [0.2, 0.25) is 0 Å².